The zero-order valence-electron chi connectivity index (χ0n) is 33.5. The summed E-state index contributed by atoms with van der Waals surface area (Å²) in [5, 5.41) is 45.4. The van der Waals surface area contributed by atoms with Crippen molar-refractivity contribution in [2.45, 2.75) is 166 Å². The highest BCUT2D eigenvalue weighted by Crippen LogP contribution is 2.41. The molecule has 4 N–H and O–H groups in total. The highest BCUT2D eigenvalue weighted by Gasteiger charge is 2.54. The Morgan fingerprint density at radius 1 is 0.865 bits per heavy atom. The summed E-state index contributed by atoms with van der Waals surface area (Å²) in [6, 6.07) is -0.293. The largest absolute Gasteiger partial charge is 0.455 e. The van der Waals surface area contributed by atoms with Gasteiger partial charge in [-0.3, -0.25) is 9.59 Å². The number of aliphatic hydroxyl groups excluding tert-OH is 3. The van der Waals surface area contributed by atoms with Crippen LogP contribution in [0.25, 0.3) is 0 Å². The van der Waals surface area contributed by atoms with Crippen molar-refractivity contribution in [2.75, 3.05) is 28.3 Å². The molecule has 3 saturated heterocycles. The summed E-state index contributed by atoms with van der Waals surface area (Å²) >= 11 is 0. The summed E-state index contributed by atoms with van der Waals surface area (Å²) in [7, 11) is 6.73. The second kappa shape index (κ2) is 17.5. The number of methoxy groups -OCH3 is 2. The van der Waals surface area contributed by atoms with E-state index in [2.05, 4.69) is 6.58 Å². The number of rotatable bonds is 8. The average molecular weight is 746 g/mol. The number of carbonyl (C=O) groups excluding carboxylic acids is 2. The minimum Gasteiger partial charge on any atom is -0.455 e. The monoisotopic (exact) mass is 745 g/mol. The number of aliphatic hydroxyl groups is 4. The molecule has 0 radical (unpaired) electrons. The van der Waals surface area contributed by atoms with E-state index in [-0.39, 0.29) is 30.8 Å². The normalized spacial score (nSPS) is 48.9. The Morgan fingerprint density at radius 2 is 1.46 bits per heavy atom. The second-order valence-corrected chi connectivity index (χ2v) is 16.4. The fraction of sp³-hybridized carbons (Fsp3) is 0.895. The highest BCUT2D eigenvalue weighted by atomic mass is 16.7. The maximum absolute atomic E-state index is 14.1. The average Bonchev–Trinajstić information content (AvgIpc) is 3.09. The summed E-state index contributed by atoms with van der Waals surface area (Å²) < 4.78 is 43.7. The summed E-state index contributed by atoms with van der Waals surface area (Å²) in [6.07, 6.45) is -8.15. The number of nitrogens with zero attached hydrogens (tertiary/aromatic N) is 1. The quantitative estimate of drug-likeness (QED) is 0.210. The number of esters is 1. The number of ketones is 1. The van der Waals surface area contributed by atoms with Gasteiger partial charge in [-0.15, -0.1) is 0 Å². The van der Waals surface area contributed by atoms with E-state index >= 15 is 0 Å². The van der Waals surface area contributed by atoms with E-state index < -0.39 is 102 Å². The Hall–Kier alpha value is -1.56. The van der Waals surface area contributed by atoms with Gasteiger partial charge in [-0.05, 0) is 74.6 Å². The van der Waals surface area contributed by atoms with Crippen LogP contribution in [0.5, 0.6) is 0 Å². The molecule has 52 heavy (non-hydrogen) atoms. The molecule has 0 aromatic carbocycles. The van der Waals surface area contributed by atoms with Gasteiger partial charge in [0, 0.05) is 44.4 Å². The number of hydrogen-bond donors (Lipinski definition) is 4. The molecule has 3 heterocycles. The molecule has 0 aromatic heterocycles. The van der Waals surface area contributed by atoms with Gasteiger partial charge in [-0.1, -0.05) is 27.4 Å². The van der Waals surface area contributed by atoms with E-state index in [4.69, 9.17) is 33.2 Å². The van der Waals surface area contributed by atoms with Crippen molar-refractivity contribution in [2.24, 2.45) is 23.7 Å². The van der Waals surface area contributed by atoms with Crippen LogP contribution in [0.15, 0.2) is 12.7 Å². The van der Waals surface area contributed by atoms with Crippen LogP contribution in [0.3, 0.4) is 0 Å². The van der Waals surface area contributed by atoms with Crippen LogP contribution in [0.1, 0.15) is 81.6 Å². The Labute approximate surface area is 310 Å². The third kappa shape index (κ3) is 9.27. The van der Waals surface area contributed by atoms with E-state index in [1.807, 2.05) is 32.8 Å². The Morgan fingerprint density at radius 3 is 2.00 bits per heavy atom. The first kappa shape index (κ1) is 44.8. The number of hydrogen-bond acceptors (Lipinski definition) is 14. The first-order valence-corrected chi connectivity index (χ1v) is 18.5. The van der Waals surface area contributed by atoms with Gasteiger partial charge in [-0.2, -0.15) is 0 Å². The van der Waals surface area contributed by atoms with E-state index in [0.717, 1.165) is 0 Å². The molecular weight excluding hydrogens is 678 g/mol. The van der Waals surface area contributed by atoms with E-state index in [9.17, 15) is 30.0 Å². The Bertz CT molecular complexity index is 1220. The first-order chi connectivity index (χ1) is 24.0. The van der Waals surface area contributed by atoms with Crippen LogP contribution in [0, 0.1) is 23.7 Å². The first-order valence-electron chi connectivity index (χ1n) is 18.5. The maximum atomic E-state index is 14.1. The number of carbonyl (C=O) groups is 2. The van der Waals surface area contributed by atoms with Gasteiger partial charge in [0.25, 0.3) is 0 Å². The van der Waals surface area contributed by atoms with Crippen LogP contribution in [-0.2, 0) is 42.7 Å². The van der Waals surface area contributed by atoms with Gasteiger partial charge in [-0.25, -0.2) is 0 Å². The van der Waals surface area contributed by atoms with Gasteiger partial charge in [0.2, 0.25) is 0 Å². The molecule has 3 fully saturated rings. The van der Waals surface area contributed by atoms with Gasteiger partial charge < -0.3 is 58.5 Å². The summed E-state index contributed by atoms with van der Waals surface area (Å²) in [4.78, 5) is 30.0. The van der Waals surface area contributed by atoms with Gasteiger partial charge in [0.15, 0.2) is 18.7 Å². The van der Waals surface area contributed by atoms with Crippen LogP contribution in [0.2, 0.25) is 0 Å². The molecule has 0 saturated carbocycles. The molecule has 0 unspecified atom stereocenters. The van der Waals surface area contributed by atoms with Crippen molar-refractivity contribution in [3.8, 4) is 0 Å². The predicted octanol–water partition coefficient (Wildman–Crippen LogP) is 2.22. The Balaban J connectivity index is 2.23. The summed E-state index contributed by atoms with van der Waals surface area (Å²) in [6.45, 7) is 18.8. The van der Waals surface area contributed by atoms with E-state index in [1.54, 1.807) is 34.6 Å². The standard InChI is InChI=1S/C38H67NO13/c1-15-26-38(10,45)31(42)21(4)28(40)19(2)17-37(9,47-14)33(52-35-29(41)25(39(11)12)16-20(3)48-35)22(5)30(23(6)34(44)50-26)51-27-18-36(8,46-13)32(43)24(7)49-27/h15,19-27,29-33,35,41-43,45H,1,16-18H2,2-14H3/t19-,20-,21+,22+,23-,24+,25+,26-,27+,29-,30+,31-,32+,33-,35-,36-,37-,38-/m1/s1. The van der Waals surface area contributed by atoms with Crippen LogP contribution in [-0.4, -0.2) is 150 Å². The molecule has 0 spiro atoms. The van der Waals surface area contributed by atoms with Gasteiger partial charge >= 0.3 is 5.97 Å². The molecule has 0 aromatic rings. The van der Waals surface area contributed by atoms with Crippen molar-refractivity contribution in [1.29, 1.82) is 0 Å². The molecule has 302 valence electrons. The predicted molar refractivity (Wildman–Crippen MR) is 191 cm³/mol. The van der Waals surface area contributed by atoms with Crippen molar-refractivity contribution in [3.05, 3.63) is 12.7 Å². The second-order valence-electron chi connectivity index (χ2n) is 16.4. The fourth-order valence-electron chi connectivity index (χ4n) is 8.34. The molecule has 18 atom stereocenters. The molecule has 14 heteroatoms. The lowest BCUT2D eigenvalue weighted by Crippen LogP contribution is -2.61. The number of ether oxygens (including phenoxy) is 7. The SMILES string of the molecule is C=C[C@H]1OC(=O)[C@H](C)[C@@H](O[C@H]2C[C@@](C)(OC)[C@@H](O)[C@H](C)O2)[C@H](C)[C@@H](O[C@H]2O[C@H](C)C[C@H](N(C)C)[C@H]2O)[C@](C)(OC)C[C@@H](C)C(=O)[C@H](C)[C@@H](O)[C@]1(C)O. The lowest BCUT2D eigenvalue weighted by atomic mass is 9.74. The van der Waals surface area contributed by atoms with Crippen molar-refractivity contribution >= 4 is 11.8 Å². The van der Waals surface area contributed by atoms with E-state index in [0.29, 0.717) is 6.42 Å². The molecule has 3 aliphatic heterocycles. The zero-order valence-corrected chi connectivity index (χ0v) is 33.5. The number of likely N-dealkylation sites (N-methyl/N-ethyl adjacent to an activating group) is 1. The third-order valence-electron chi connectivity index (χ3n) is 12.0. The molecular formula is C38H67NO13. The number of cyclic esters (lactones) is 1. The Kier molecular flexibility index (Phi) is 15.1. The zero-order chi connectivity index (χ0) is 39.7. The van der Waals surface area contributed by atoms with Crippen LogP contribution >= 0.6 is 0 Å². The van der Waals surface area contributed by atoms with Crippen LogP contribution < -0.4 is 0 Å². The molecule has 14 nitrogen and oxygen atoms in total. The van der Waals surface area contributed by atoms with Crippen LogP contribution in [0.4, 0.5) is 0 Å². The summed E-state index contributed by atoms with van der Waals surface area (Å²) in [5.41, 5.74) is -4.39. The number of Topliss-reactive ketones (excluding diaryl/α,β-unsaturated/α-hetero) is 1. The van der Waals surface area contributed by atoms with Gasteiger partial charge in [0.05, 0.1) is 47.6 Å². The van der Waals surface area contributed by atoms with E-state index in [1.165, 1.54) is 34.1 Å². The molecule has 3 aliphatic rings. The lowest BCUT2D eigenvalue weighted by Gasteiger charge is -2.49. The minimum atomic E-state index is -2.08. The maximum Gasteiger partial charge on any atom is 0.312 e. The summed E-state index contributed by atoms with van der Waals surface area (Å²) in [5.74, 6) is -4.72. The van der Waals surface area contributed by atoms with Crippen molar-refractivity contribution in [3.63, 3.8) is 0 Å². The fourth-order valence-corrected chi connectivity index (χ4v) is 8.34. The third-order valence-corrected chi connectivity index (χ3v) is 12.0. The topological polar surface area (TPSA) is 183 Å². The molecule has 0 amide bonds. The highest BCUT2D eigenvalue weighted by molar-refractivity contribution is 5.83. The lowest BCUT2D eigenvalue weighted by molar-refractivity contribution is -0.319. The molecule has 3 rings (SSSR count). The minimum absolute atomic E-state index is 0.0906. The molecule has 0 aliphatic carbocycles. The van der Waals surface area contributed by atoms with Crippen molar-refractivity contribution in [1.82, 2.24) is 4.90 Å². The van der Waals surface area contributed by atoms with Gasteiger partial charge in [0.1, 0.15) is 23.6 Å². The molecule has 0 bridgehead atoms. The van der Waals surface area contributed by atoms with Crippen molar-refractivity contribution < 1.29 is 63.2 Å². The smallest absolute Gasteiger partial charge is 0.312 e.